The van der Waals surface area contributed by atoms with Crippen molar-refractivity contribution in [1.29, 1.82) is 0 Å². The smallest absolute Gasteiger partial charge is 0.242 e. The van der Waals surface area contributed by atoms with Crippen LogP contribution in [-0.2, 0) is 16.1 Å². The van der Waals surface area contributed by atoms with Crippen molar-refractivity contribution in [2.24, 2.45) is 5.41 Å². The fraction of sp³-hybridized carbons (Fsp3) is 0.389. The molecule has 0 radical (unpaired) electrons. The second kappa shape index (κ2) is 11.8. The molecule has 3 aromatic rings. The predicted molar refractivity (Wildman–Crippen MR) is 173 cm³/mol. The number of carbonyl (C=O) groups excluding carboxylic acids is 2. The largest absolute Gasteiger partial charge is 0.496 e. The zero-order chi connectivity index (χ0) is 31.1. The van der Waals surface area contributed by atoms with E-state index in [0.29, 0.717) is 25.3 Å². The highest BCUT2D eigenvalue weighted by molar-refractivity contribution is 6.02. The minimum Gasteiger partial charge on any atom is -0.496 e. The second-order valence-electron chi connectivity index (χ2n) is 13.1. The van der Waals surface area contributed by atoms with Crippen molar-refractivity contribution in [3.8, 4) is 17.2 Å². The third-order valence-corrected chi connectivity index (χ3v) is 9.31. The van der Waals surface area contributed by atoms with Gasteiger partial charge in [0.15, 0.2) is 17.3 Å². The normalized spacial score (nSPS) is 20.7. The lowest BCUT2D eigenvalue weighted by Crippen LogP contribution is -2.51. The number of ketones is 1. The molecule has 0 spiro atoms. The van der Waals surface area contributed by atoms with Gasteiger partial charge in [0, 0.05) is 56.0 Å². The number of fused-ring (bicyclic) bond motifs is 2. The maximum atomic E-state index is 14.1. The number of Topliss-reactive ketones (excluding diaryl/α,β-unsaturated/α-hetero) is 1. The van der Waals surface area contributed by atoms with Crippen molar-refractivity contribution in [2.75, 3.05) is 56.8 Å². The lowest BCUT2D eigenvalue weighted by molar-refractivity contribution is -0.131. The SMILES string of the molecule is COc1ccccc1C1C2=C(CC(C)(C)CC2=O)Nc2ccccc2N1CC(=O)N1CCN(Cc2ccc3c(c2)OCO3)CC1. The maximum absolute atomic E-state index is 14.1. The Morgan fingerprint density at radius 3 is 2.53 bits per heavy atom. The first-order chi connectivity index (χ1) is 21.8. The molecule has 3 aromatic carbocycles. The first kappa shape index (κ1) is 29.2. The van der Waals surface area contributed by atoms with E-state index in [1.807, 2.05) is 65.6 Å². The topological polar surface area (TPSA) is 83.6 Å². The highest BCUT2D eigenvalue weighted by atomic mass is 16.7. The van der Waals surface area contributed by atoms with Gasteiger partial charge < -0.3 is 29.3 Å². The van der Waals surface area contributed by atoms with Crippen LogP contribution in [0, 0.1) is 5.41 Å². The van der Waals surface area contributed by atoms with E-state index in [-0.39, 0.29) is 30.4 Å². The summed E-state index contributed by atoms with van der Waals surface area (Å²) in [5, 5.41) is 3.64. The summed E-state index contributed by atoms with van der Waals surface area (Å²) in [6.45, 7) is 8.28. The zero-order valence-corrected chi connectivity index (χ0v) is 26.2. The molecule has 234 valence electrons. The molecule has 3 heterocycles. The van der Waals surface area contributed by atoms with Crippen molar-refractivity contribution in [3.63, 3.8) is 0 Å². The second-order valence-corrected chi connectivity index (χ2v) is 13.1. The fourth-order valence-corrected chi connectivity index (χ4v) is 7.14. The van der Waals surface area contributed by atoms with Crippen LogP contribution >= 0.6 is 0 Å². The first-order valence-corrected chi connectivity index (χ1v) is 15.7. The molecule has 1 saturated heterocycles. The molecule has 45 heavy (non-hydrogen) atoms. The van der Waals surface area contributed by atoms with Crippen LogP contribution in [-0.4, -0.2) is 68.1 Å². The van der Waals surface area contributed by atoms with E-state index in [0.717, 1.165) is 71.3 Å². The number of benzene rings is 3. The Balaban J connectivity index is 1.17. The molecular weight excluding hydrogens is 568 g/mol. The summed E-state index contributed by atoms with van der Waals surface area (Å²) in [5.41, 5.74) is 5.30. The van der Waals surface area contributed by atoms with Crippen LogP contribution in [0.1, 0.15) is 43.9 Å². The van der Waals surface area contributed by atoms with Crippen LogP contribution < -0.4 is 24.4 Å². The zero-order valence-electron chi connectivity index (χ0n) is 26.2. The van der Waals surface area contributed by atoms with Gasteiger partial charge in [-0.3, -0.25) is 14.5 Å². The number of para-hydroxylation sites is 3. The van der Waals surface area contributed by atoms with Crippen molar-refractivity contribution >= 4 is 23.1 Å². The van der Waals surface area contributed by atoms with Crippen LogP contribution in [0.25, 0.3) is 0 Å². The van der Waals surface area contributed by atoms with E-state index < -0.39 is 6.04 Å². The van der Waals surface area contributed by atoms with Crippen LogP contribution in [0.4, 0.5) is 11.4 Å². The summed E-state index contributed by atoms with van der Waals surface area (Å²) in [6, 6.07) is 21.5. The van der Waals surface area contributed by atoms with E-state index in [1.165, 1.54) is 0 Å². The van der Waals surface area contributed by atoms with Gasteiger partial charge in [-0.05, 0) is 47.7 Å². The Morgan fingerprint density at radius 2 is 1.71 bits per heavy atom. The van der Waals surface area contributed by atoms with Gasteiger partial charge in [0.2, 0.25) is 12.7 Å². The third kappa shape index (κ3) is 5.73. The Morgan fingerprint density at radius 1 is 0.956 bits per heavy atom. The summed E-state index contributed by atoms with van der Waals surface area (Å²) >= 11 is 0. The first-order valence-electron chi connectivity index (χ1n) is 15.7. The molecule has 9 nitrogen and oxygen atoms in total. The van der Waals surface area contributed by atoms with Gasteiger partial charge in [0.25, 0.3) is 0 Å². The van der Waals surface area contributed by atoms with Gasteiger partial charge in [0.05, 0.1) is 31.1 Å². The van der Waals surface area contributed by atoms with Gasteiger partial charge in [-0.2, -0.15) is 0 Å². The molecule has 1 atom stereocenters. The highest BCUT2D eigenvalue weighted by Gasteiger charge is 2.43. The minimum atomic E-state index is -0.479. The van der Waals surface area contributed by atoms with Crippen molar-refractivity contribution in [1.82, 2.24) is 9.80 Å². The molecule has 3 aliphatic heterocycles. The quantitative estimate of drug-likeness (QED) is 0.399. The summed E-state index contributed by atoms with van der Waals surface area (Å²) in [6.07, 6.45) is 1.18. The monoisotopic (exact) mass is 608 g/mol. The number of amides is 1. The minimum absolute atomic E-state index is 0.0417. The Bertz CT molecular complexity index is 1660. The lowest BCUT2D eigenvalue weighted by Gasteiger charge is -2.40. The van der Waals surface area contributed by atoms with Crippen LogP contribution in [0.3, 0.4) is 0 Å². The number of rotatable bonds is 6. The standard InChI is InChI=1S/C36H40N4O5/c1-36(2)19-27-34(29(41)20-36)35(25-8-4-7-11-30(25)43-3)40(28-10-6-5-9-26(28)37-27)22-33(42)39-16-14-38(15-17-39)21-24-12-13-31-32(18-24)45-23-44-31/h4-13,18,35,37H,14-17,19-23H2,1-3H3. The maximum Gasteiger partial charge on any atom is 0.242 e. The molecule has 4 aliphatic rings. The summed E-state index contributed by atoms with van der Waals surface area (Å²) in [7, 11) is 1.65. The summed E-state index contributed by atoms with van der Waals surface area (Å²) in [4.78, 5) is 34.6. The molecule has 1 aliphatic carbocycles. The number of anilines is 2. The van der Waals surface area contributed by atoms with Gasteiger partial charge in [0.1, 0.15) is 5.75 Å². The molecule has 1 N–H and O–H groups in total. The van der Waals surface area contributed by atoms with E-state index >= 15 is 0 Å². The lowest BCUT2D eigenvalue weighted by atomic mass is 9.73. The van der Waals surface area contributed by atoms with Gasteiger partial charge in [-0.1, -0.05) is 50.2 Å². The number of piperazine rings is 1. The highest BCUT2D eigenvalue weighted by Crippen LogP contribution is 2.49. The molecule has 1 fully saturated rings. The van der Waals surface area contributed by atoms with E-state index in [1.54, 1.807) is 7.11 Å². The molecule has 0 saturated carbocycles. The molecule has 7 rings (SSSR count). The molecular formula is C36H40N4O5. The van der Waals surface area contributed by atoms with Crippen LogP contribution in [0.5, 0.6) is 17.2 Å². The van der Waals surface area contributed by atoms with Gasteiger partial charge >= 0.3 is 0 Å². The Labute approximate surface area is 264 Å². The third-order valence-electron chi connectivity index (χ3n) is 9.31. The number of methoxy groups -OCH3 is 1. The molecule has 0 aromatic heterocycles. The predicted octanol–water partition coefficient (Wildman–Crippen LogP) is 5.38. The van der Waals surface area contributed by atoms with Crippen LogP contribution in [0.15, 0.2) is 78.0 Å². The van der Waals surface area contributed by atoms with Gasteiger partial charge in [-0.15, -0.1) is 0 Å². The average molecular weight is 609 g/mol. The van der Waals surface area contributed by atoms with E-state index in [9.17, 15) is 9.59 Å². The van der Waals surface area contributed by atoms with E-state index in [2.05, 4.69) is 35.0 Å². The number of allylic oxidation sites excluding steroid dienone is 1. The van der Waals surface area contributed by atoms with Crippen molar-refractivity contribution in [2.45, 2.75) is 39.3 Å². The molecule has 0 bridgehead atoms. The summed E-state index contributed by atoms with van der Waals surface area (Å²) < 4.78 is 16.8. The van der Waals surface area contributed by atoms with Gasteiger partial charge in [-0.25, -0.2) is 0 Å². The number of hydrogen-bond acceptors (Lipinski definition) is 8. The van der Waals surface area contributed by atoms with Crippen LogP contribution in [0.2, 0.25) is 0 Å². The fourth-order valence-electron chi connectivity index (χ4n) is 7.14. The van der Waals surface area contributed by atoms with Crippen molar-refractivity contribution in [3.05, 3.63) is 89.1 Å². The van der Waals surface area contributed by atoms with Crippen molar-refractivity contribution < 1.29 is 23.8 Å². The number of ether oxygens (including phenoxy) is 3. The number of nitrogens with zero attached hydrogens (tertiary/aromatic N) is 3. The number of carbonyl (C=O) groups is 2. The Hall–Kier alpha value is -4.50. The molecule has 9 heteroatoms. The summed E-state index contributed by atoms with van der Waals surface area (Å²) in [5.74, 6) is 2.41. The number of nitrogens with one attached hydrogen (secondary N) is 1. The van der Waals surface area contributed by atoms with E-state index in [4.69, 9.17) is 14.2 Å². The molecule has 1 unspecified atom stereocenters. The Kier molecular flexibility index (Phi) is 7.65. The average Bonchev–Trinajstić information content (AvgIpc) is 3.45. The molecule has 1 amide bonds. The number of hydrogen-bond donors (Lipinski definition) is 1.